The number of halogens is 1. The van der Waals surface area contributed by atoms with Gasteiger partial charge in [-0.2, -0.15) is 0 Å². The normalized spacial score (nSPS) is 11.2. The standard InChI is InChI=1S/C19H17ClN2O5S/c1-26-15-6-5-12(8-16(15)27-2)9-18(23)22-28(24,25)17-11-14(20)10-13-4-3-7-21-19(13)17/h3-8,10-11H,9H2,1-2H3,(H,22,23). The molecular formula is C19H17ClN2O5S. The first-order valence-corrected chi connectivity index (χ1v) is 10.0. The van der Waals surface area contributed by atoms with Crippen molar-refractivity contribution >= 4 is 38.4 Å². The van der Waals surface area contributed by atoms with E-state index in [0.29, 0.717) is 22.4 Å². The zero-order valence-electron chi connectivity index (χ0n) is 15.1. The monoisotopic (exact) mass is 420 g/mol. The largest absolute Gasteiger partial charge is 0.493 e. The lowest BCUT2D eigenvalue weighted by molar-refractivity contribution is -0.118. The number of nitrogens with zero attached hydrogens (tertiary/aromatic N) is 1. The molecule has 0 fully saturated rings. The van der Waals surface area contributed by atoms with E-state index < -0.39 is 15.9 Å². The van der Waals surface area contributed by atoms with Crippen LogP contribution in [0.2, 0.25) is 5.02 Å². The van der Waals surface area contributed by atoms with Gasteiger partial charge in [-0.3, -0.25) is 9.78 Å². The fraction of sp³-hybridized carbons (Fsp3) is 0.158. The third-order valence-corrected chi connectivity index (χ3v) is 5.59. The Kier molecular flexibility index (Phi) is 5.71. The molecule has 0 spiro atoms. The molecule has 1 heterocycles. The average molecular weight is 421 g/mol. The molecular weight excluding hydrogens is 404 g/mol. The number of carbonyl (C=O) groups is 1. The molecule has 1 aromatic heterocycles. The molecule has 0 unspecified atom stereocenters. The second kappa shape index (κ2) is 8.04. The lowest BCUT2D eigenvalue weighted by Gasteiger charge is -2.11. The highest BCUT2D eigenvalue weighted by Crippen LogP contribution is 2.28. The van der Waals surface area contributed by atoms with E-state index in [0.717, 1.165) is 0 Å². The van der Waals surface area contributed by atoms with Gasteiger partial charge < -0.3 is 9.47 Å². The molecule has 3 rings (SSSR count). The van der Waals surface area contributed by atoms with Crippen LogP contribution in [0.15, 0.2) is 53.6 Å². The first-order valence-electron chi connectivity index (χ1n) is 8.15. The van der Waals surface area contributed by atoms with Crippen LogP contribution in [0.5, 0.6) is 11.5 Å². The first kappa shape index (κ1) is 19.9. The van der Waals surface area contributed by atoms with Crippen molar-refractivity contribution < 1.29 is 22.7 Å². The van der Waals surface area contributed by atoms with Crippen LogP contribution in [0.3, 0.4) is 0 Å². The van der Waals surface area contributed by atoms with Crippen LogP contribution in [0, 0.1) is 0 Å². The number of nitrogens with one attached hydrogen (secondary N) is 1. The van der Waals surface area contributed by atoms with E-state index in [1.54, 1.807) is 36.4 Å². The third kappa shape index (κ3) is 4.18. The Morgan fingerprint density at radius 1 is 1.11 bits per heavy atom. The van der Waals surface area contributed by atoms with E-state index in [9.17, 15) is 13.2 Å². The van der Waals surface area contributed by atoms with E-state index in [4.69, 9.17) is 21.1 Å². The number of aromatic nitrogens is 1. The van der Waals surface area contributed by atoms with Crippen molar-refractivity contribution in [1.82, 2.24) is 9.71 Å². The maximum Gasteiger partial charge on any atom is 0.266 e. The second-order valence-electron chi connectivity index (χ2n) is 5.87. The van der Waals surface area contributed by atoms with Crippen molar-refractivity contribution in [3.05, 3.63) is 59.2 Å². The highest BCUT2D eigenvalue weighted by atomic mass is 35.5. The summed E-state index contributed by atoms with van der Waals surface area (Å²) in [7, 11) is -1.18. The molecule has 0 aliphatic rings. The van der Waals surface area contributed by atoms with Gasteiger partial charge in [0.15, 0.2) is 11.5 Å². The minimum absolute atomic E-state index is 0.156. The molecule has 0 aliphatic heterocycles. The second-order valence-corrected chi connectivity index (χ2v) is 7.96. The topological polar surface area (TPSA) is 94.6 Å². The number of pyridine rings is 1. The minimum atomic E-state index is -4.16. The van der Waals surface area contributed by atoms with Crippen LogP contribution in [-0.2, 0) is 21.2 Å². The van der Waals surface area contributed by atoms with Crippen LogP contribution < -0.4 is 14.2 Å². The third-order valence-electron chi connectivity index (χ3n) is 3.99. The Morgan fingerprint density at radius 2 is 1.86 bits per heavy atom. The van der Waals surface area contributed by atoms with Crippen LogP contribution in [0.4, 0.5) is 0 Å². The van der Waals surface area contributed by atoms with E-state index >= 15 is 0 Å². The SMILES string of the molecule is COc1ccc(CC(=O)NS(=O)(=O)c2cc(Cl)cc3cccnc23)cc1OC. The van der Waals surface area contributed by atoms with Crippen molar-refractivity contribution in [3.8, 4) is 11.5 Å². The van der Waals surface area contributed by atoms with Crippen LogP contribution in [0.25, 0.3) is 10.9 Å². The van der Waals surface area contributed by atoms with Gasteiger partial charge in [0, 0.05) is 16.6 Å². The summed E-state index contributed by atoms with van der Waals surface area (Å²) in [6, 6.07) is 11.1. The Labute approximate surface area is 167 Å². The summed E-state index contributed by atoms with van der Waals surface area (Å²) in [5.41, 5.74) is 0.803. The lowest BCUT2D eigenvalue weighted by Crippen LogP contribution is -2.32. The molecule has 0 atom stereocenters. The van der Waals surface area contributed by atoms with Gasteiger partial charge in [0.05, 0.1) is 26.2 Å². The molecule has 28 heavy (non-hydrogen) atoms. The minimum Gasteiger partial charge on any atom is -0.493 e. The molecule has 1 amide bonds. The van der Waals surface area contributed by atoms with Gasteiger partial charge in [-0.1, -0.05) is 23.7 Å². The molecule has 0 saturated carbocycles. The van der Waals surface area contributed by atoms with Gasteiger partial charge in [0.2, 0.25) is 5.91 Å². The van der Waals surface area contributed by atoms with Crippen molar-refractivity contribution in [3.63, 3.8) is 0 Å². The van der Waals surface area contributed by atoms with Gasteiger partial charge in [-0.15, -0.1) is 0 Å². The van der Waals surface area contributed by atoms with Crippen molar-refractivity contribution in [2.24, 2.45) is 0 Å². The van der Waals surface area contributed by atoms with E-state index in [1.807, 2.05) is 0 Å². The predicted molar refractivity (Wildman–Crippen MR) is 105 cm³/mol. The molecule has 0 bridgehead atoms. The summed E-state index contributed by atoms with van der Waals surface area (Å²) in [6.45, 7) is 0. The number of rotatable bonds is 6. The maximum atomic E-state index is 12.7. The number of hydrogen-bond acceptors (Lipinski definition) is 6. The molecule has 2 aromatic carbocycles. The molecule has 1 N–H and O–H groups in total. The lowest BCUT2D eigenvalue weighted by atomic mass is 10.1. The van der Waals surface area contributed by atoms with Crippen molar-refractivity contribution in [2.75, 3.05) is 14.2 Å². The molecule has 9 heteroatoms. The van der Waals surface area contributed by atoms with Gasteiger partial charge in [0.25, 0.3) is 10.0 Å². The maximum absolute atomic E-state index is 12.7. The zero-order chi connectivity index (χ0) is 20.3. The number of ether oxygens (including phenoxy) is 2. The van der Waals surface area contributed by atoms with Gasteiger partial charge >= 0.3 is 0 Å². The molecule has 146 valence electrons. The Balaban J connectivity index is 1.86. The number of methoxy groups -OCH3 is 2. The van der Waals surface area contributed by atoms with Crippen LogP contribution in [-0.4, -0.2) is 33.5 Å². The zero-order valence-corrected chi connectivity index (χ0v) is 16.7. The highest BCUT2D eigenvalue weighted by molar-refractivity contribution is 7.90. The van der Waals surface area contributed by atoms with Crippen molar-refractivity contribution in [2.45, 2.75) is 11.3 Å². The Morgan fingerprint density at radius 3 is 2.57 bits per heavy atom. The molecule has 3 aromatic rings. The summed E-state index contributed by atoms with van der Waals surface area (Å²) >= 11 is 6.03. The molecule has 0 saturated heterocycles. The summed E-state index contributed by atoms with van der Waals surface area (Å²) < 4.78 is 37.9. The first-order chi connectivity index (χ1) is 13.3. The summed E-state index contributed by atoms with van der Waals surface area (Å²) in [4.78, 5) is 16.3. The Bertz CT molecular complexity index is 1150. The van der Waals surface area contributed by atoms with Gasteiger partial charge in [0.1, 0.15) is 4.90 Å². The van der Waals surface area contributed by atoms with Crippen molar-refractivity contribution in [1.29, 1.82) is 0 Å². The fourth-order valence-corrected chi connectivity index (χ4v) is 4.23. The number of amides is 1. The molecule has 0 radical (unpaired) electrons. The number of fused-ring (bicyclic) bond motifs is 1. The quantitative estimate of drug-likeness (QED) is 0.658. The number of hydrogen-bond donors (Lipinski definition) is 1. The van der Waals surface area contributed by atoms with E-state index in [1.165, 1.54) is 26.5 Å². The summed E-state index contributed by atoms with van der Waals surface area (Å²) in [6.07, 6.45) is 1.31. The number of carbonyl (C=O) groups excluding carboxylic acids is 1. The summed E-state index contributed by atoms with van der Waals surface area (Å²) in [5.74, 6) is 0.257. The highest BCUT2D eigenvalue weighted by Gasteiger charge is 2.22. The van der Waals surface area contributed by atoms with E-state index in [-0.39, 0.29) is 21.9 Å². The molecule has 0 aliphatic carbocycles. The predicted octanol–water partition coefficient (Wildman–Crippen LogP) is 2.95. The number of benzene rings is 2. The summed E-state index contributed by atoms with van der Waals surface area (Å²) in [5, 5.41) is 0.788. The fourth-order valence-electron chi connectivity index (χ4n) is 2.75. The van der Waals surface area contributed by atoms with Crippen LogP contribution in [0.1, 0.15) is 5.56 Å². The Hall–Kier alpha value is -2.84. The number of sulfonamides is 1. The average Bonchev–Trinajstić information content (AvgIpc) is 2.66. The van der Waals surface area contributed by atoms with E-state index in [2.05, 4.69) is 9.71 Å². The smallest absolute Gasteiger partial charge is 0.266 e. The van der Waals surface area contributed by atoms with Gasteiger partial charge in [-0.05, 0) is 35.9 Å². The molecule has 7 nitrogen and oxygen atoms in total. The van der Waals surface area contributed by atoms with Gasteiger partial charge in [-0.25, -0.2) is 13.1 Å². The van der Waals surface area contributed by atoms with Crippen LogP contribution >= 0.6 is 11.6 Å².